The maximum atomic E-state index is 6.23. The van der Waals surface area contributed by atoms with Crippen molar-refractivity contribution in [1.82, 2.24) is 0 Å². The van der Waals surface area contributed by atoms with E-state index in [1.807, 2.05) is 18.2 Å². The van der Waals surface area contributed by atoms with Gasteiger partial charge < -0.3 is 9.47 Å². The maximum Gasteiger partial charge on any atom is 0.162 e. The number of rotatable bonds is 7. The van der Waals surface area contributed by atoms with Crippen molar-refractivity contribution in [3.63, 3.8) is 0 Å². The summed E-state index contributed by atoms with van der Waals surface area (Å²) in [7, 11) is 1.72. The minimum Gasteiger partial charge on any atom is -0.493 e. The molecule has 0 aliphatic heterocycles. The van der Waals surface area contributed by atoms with Gasteiger partial charge in [-0.05, 0) is 53.4 Å². The van der Waals surface area contributed by atoms with Gasteiger partial charge in [-0.2, -0.15) is 0 Å². The van der Waals surface area contributed by atoms with Gasteiger partial charge in [0.15, 0.2) is 11.5 Å². The lowest BCUT2D eigenvalue weighted by molar-refractivity contribution is 0.207. The highest BCUT2D eigenvalue weighted by molar-refractivity contribution is 5.46. The second-order valence-corrected chi connectivity index (χ2v) is 9.35. The SMILES string of the molecule is COc1cc(C(C)(CC(C)(C)C)C(C)C)ccc1OC(C)c1ccccc1. The van der Waals surface area contributed by atoms with Gasteiger partial charge in [-0.25, -0.2) is 0 Å². The quantitative estimate of drug-likeness (QED) is 0.515. The summed E-state index contributed by atoms with van der Waals surface area (Å²) in [6.45, 7) is 16.0. The van der Waals surface area contributed by atoms with Crippen molar-refractivity contribution in [2.75, 3.05) is 7.11 Å². The number of methoxy groups -OCH3 is 1. The van der Waals surface area contributed by atoms with Gasteiger partial charge in [0.25, 0.3) is 0 Å². The Morgan fingerprint density at radius 2 is 1.48 bits per heavy atom. The Morgan fingerprint density at radius 3 is 2.00 bits per heavy atom. The molecule has 27 heavy (non-hydrogen) atoms. The van der Waals surface area contributed by atoms with Gasteiger partial charge >= 0.3 is 0 Å². The topological polar surface area (TPSA) is 18.5 Å². The predicted molar refractivity (Wildman–Crippen MR) is 115 cm³/mol. The van der Waals surface area contributed by atoms with Crippen LogP contribution >= 0.6 is 0 Å². The van der Waals surface area contributed by atoms with E-state index in [0.717, 1.165) is 23.5 Å². The molecule has 2 aromatic carbocycles. The van der Waals surface area contributed by atoms with E-state index in [1.165, 1.54) is 5.56 Å². The van der Waals surface area contributed by atoms with Crippen molar-refractivity contribution in [2.45, 2.75) is 66.4 Å². The zero-order valence-electron chi connectivity index (χ0n) is 18.3. The summed E-state index contributed by atoms with van der Waals surface area (Å²) in [4.78, 5) is 0. The number of hydrogen-bond acceptors (Lipinski definition) is 2. The minimum atomic E-state index is -0.0305. The molecule has 148 valence electrons. The Kier molecular flexibility index (Phi) is 6.62. The van der Waals surface area contributed by atoms with Crippen LogP contribution in [0.1, 0.15) is 72.1 Å². The van der Waals surface area contributed by atoms with Crippen LogP contribution < -0.4 is 9.47 Å². The summed E-state index contributed by atoms with van der Waals surface area (Å²) in [5, 5.41) is 0. The molecule has 0 N–H and O–H groups in total. The van der Waals surface area contributed by atoms with Crippen molar-refractivity contribution in [3.05, 3.63) is 59.7 Å². The Hall–Kier alpha value is -1.96. The molecule has 0 fully saturated rings. The maximum absolute atomic E-state index is 6.23. The second-order valence-electron chi connectivity index (χ2n) is 9.35. The van der Waals surface area contributed by atoms with Gasteiger partial charge in [-0.1, -0.05) is 77.9 Å². The predicted octanol–water partition coefficient (Wildman–Crippen LogP) is 7.19. The first-order valence-electron chi connectivity index (χ1n) is 9.97. The van der Waals surface area contributed by atoms with Crippen molar-refractivity contribution < 1.29 is 9.47 Å². The largest absolute Gasteiger partial charge is 0.493 e. The molecule has 0 aliphatic carbocycles. The highest BCUT2D eigenvalue weighted by Gasteiger charge is 2.35. The molecule has 0 aliphatic rings. The van der Waals surface area contributed by atoms with Crippen LogP contribution in [0, 0.1) is 11.3 Å². The summed E-state index contributed by atoms with van der Waals surface area (Å²) in [5.74, 6) is 2.12. The molecule has 0 radical (unpaired) electrons. The van der Waals surface area contributed by atoms with Crippen molar-refractivity contribution >= 4 is 0 Å². The van der Waals surface area contributed by atoms with E-state index in [2.05, 4.69) is 78.8 Å². The molecule has 2 atom stereocenters. The Morgan fingerprint density at radius 1 is 0.852 bits per heavy atom. The van der Waals surface area contributed by atoms with Gasteiger partial charge in [0, 0.05) is 0 Å². The number of benzene rings is 2. The molecule has 0 heterocycles. The van der Waals surface area contributed by atoms with E-state index in [0.29, 0.717) is 5.92 Å². The van der Waals surface area contributed by atoms with Crippen LogP contribution in [0.2, 0.25) is 0 Å². The van der Waals surface area contributed by atoms with Gasteiger partial charge in [-0.3, -0.25) is 0 Å². The molecule has 2 unspecified atom stereocenters. The molecule has 2 aromatic rings. The van der Waals surface area contributed by atoms with E-state index >= 15 is 0 Å². The monoisotopic (exact) mass is 368 g/mol. The highest BCUT2D eigenvalue weighted by atomic mass is 16.5. The number of hydrogen-bond donors (Lipinski definition) is 0. The van der Waals surface area contributed by atoms with Crippen molar-refractivity contribution in [3.8, 4) is 11.5 Å². The van der Waals surface area contributed by atoms with Crippen LogP contribution in [0.15, 0.2) is 48.5 Å². The van der Waals surface area contributed by atoms with Crippen LogP contribution in [0.3, 0.4) is 0 Å². The second kappa shape index (κ2) is 8.37. The van der Waals surface area contributed by atoms with Gasteiger partial charge in [-0.15, -0.1) is 0 Å². The van der Waals surface area contributed by atoms with E-state index < -0.39 is 0 Å². The molecule has 0 bridgehead atoms. The average molecular weight is 369 g/mol. The third kappa shape index (κ3) is 5.28. The molecular weight excluding hydrogens is 332 g/mol. The summed E-state index contributed by atoms with van der Waals surface area (Å²) in [6.07, 6.45) is 1.08. The minimum absolute atomic E-state index is 0.0305. The smallest absolute Gasteiger partial charge is 0.162 e. The third-order valence-electron chi connectivity index (χ3n) is 5.57. The molecule has 2 heteroatoms. The Labute approximate surface area is 165 Å². The van der Waals surface area contributed by atoms with Crippen LogP contribution in [0.5, 0.6) is 11.5 Å². The van der Waals surface area contributed by atoms with E-state index in [4.69, 9.17) is 9.47 Å². The Bertz CT molecular complexity index is 728. The summed E-state index contributed by atoms with van der Waals surface area (Å²) >= 11 is 0. The number of ether oxygens (including phenoxy) is 2. The lowest BCUT2D eigenvalue weighted by atomic mass is 9.65. The molecule has 0 saturated carbocycles. The van der Waals surface area contributed by atoms with Gasteiger partial charge in [0.1, 0.15) is 6.10 Å². The van der Waals surface area contributed by atoms with E-state index in [9.17, 15) is 0 Å². The van der Waals surface area contributed by atoms with E-state index in [1.54, 1.807) is 7.11 Å². The summed E-state index contributed by atoms with van der Waals surface area (Å²) < 4.78 is 11.9. The fraction of sp³-hybridized carbons (Fsp3) is 0.520. The normalized spacial score (nSPS) is 15.3. The zero-order chi connectivity index (χ0) is 20.2. The zero-order valence-corrected chi connectivity index (χ0v) is 18.3. The fourth-order valence-corrected chi connectivity index (χ4v) is 3.84. The first-order chi connectivity index (χ1) is 12.6. The van der Waals surface area contributed by atoms with Crippen LogP contribution in [0.4, 0.5) is 0 Å². The summed E-state index contributed by atoms with van der Waals surface area (Å²) in [6, 6.07) is 16.7. The highest BCUT2D eigenvalue weighted by Crippen LogP contribution is 2.44. The van der Waals surface area contributed by atoms with Gasteiger partial charge in [0.2, 0.25) is 0 Å². The Balaban J connectivity index is 2.34. The lowest BCUT2D eigenvalue weighted by Gasteiger charge is -2.40. The summed E-state index contributed by atoms with van der Waals surface area (Å²) in [5.41, 5.74) is 2.80. The molecule has 2 rings (SSSR count). The lowest BCUT2D eigenvalue weighted by Crippen LogP contribution is -2.33. The molecule has 0 aromatic heterocycles. The third-order valence-corrected chi connectivity index (χ3v) is 5.57. The van der Waals surface area contributed by atoms with Crippen LogP contribution in [0.25, 0.3) is 0 Å². The fourth-order valence-electron chi connectivity index (χ4n) is 3.84. The molecule has 2 nitrogen and oxygen atoms in total. The van der Waals surface area contributed by atoms with E-state index in [-0.39, 0.29) is 16.9 Å². The van der Waals surface area contributed by atoms with Crippen LogP contribution in [-0.4, -0.2) is 7.11 Å². The average Bonchev–Trinajstić information content (AvgIpc) is 2.61. The molecule has 0 spiro atoms. The van der Waals surface area contributed by atoms with Crippen LogP contribution in [-0.2, 0) is 5.41 Å². The molecule has 0 saturated heterocycles. The molecule has 0 amide bonds. The molecular formula is C25H36O2. The van der Waals surface area contributed by atoms with Crippen molar-refractivity contribution in [2.24, 2.45) is 11.3 Å². The first-order valence-corrected chi connectivity index (χ1v) is 9.97. The van der Waals surface area contributed by atoms with Crippen molar-refractivity contribution in [1.29, 1.82) is 0 Å². The standard InChI is InChI=1S/C25H36O2/c1-18(2)25(7,17-24(4,5)6)21-14-15-22(23(16-21)26-8)27-19(3)20-12-10-9-11-13-20/h9-16,18-19H,17H2,1-8H3. The first kappa shape index (κ1) is 21.3. The van der Waals surface area contributed by atoms with Gasteiger partial charge in [0.05, 0.1) is 7.11 Å².